The molecular weight excluding hydrogens is 528 g/mol. The fourth-order valence-corrected chi connectivity index (χ4v) is 5.44. The second kappa shape index (κ2) is 12.3. The molecule has 0 spiro atoms. The highest BCUT2D eigenvalue weighted by atomic mass is 16.6. The van der Waals surface area contributed by atoms with Gasteiger partial charge in [-0.25, -0.2) is 4.79 Å². The van der Waals surface area contributed by atoms with Crippen molar-refractivity contribution in [3.05, 3.63) is 76.5 Å². The molecule has 11 nitrogen and oxygen atoms in total. The van der Waals surface area contributed by atoms with E-state index in [1.165, 1.54) is 21.3 Å². The highest BCUT2D eigenvalue weighted by Crippen LogP contribution is 2.38. The lowest BCUT2D eigenvalue weighted by atomic mass is 9.99. The summed E-state index contributed by atoms with van der Waals surface area (Å²) < 4.78 is 21.5. The average Bonchev–Trinajstić information content (AvgIpc) is 3.02. The molecule has 2 aliphatic heterocycles. The summed E-state index contributed by atoms with van der Waals surface area (Å²) >= 11 is 0. The molecule has 0 saturated carbocycles. The zero-order valence-corrected chi connectivity index (χ0v) is 23.3. The highest BCUT2D eigenvalue weighted by molar-refractivity contribution is 5.96. The summed E-state index contributed by atoms with van der Waals surface area (Å²) in [6.07, 6.45) is 1.09. The fraction of sp³-hybridized carbons (Fsp3) is 0.333. The molecule has 2 amide bonds. The second-order valence-electron chi connectivity index (χ2n) is 9.82. The predicted octanol–water partition coefficient (Wildman–Crippen LogP) is 4.68. The SMILES string of the molecule is COc1cc(CNC(=O)c2ccc(N3CCC(N4C(=O)OCc5ccccc54)CC3)c(N[O-])c2)cc(OC)c1OC. The minimum Gasteiger partial charge on any atom is -0.761 e. The number of benzene rings is 3. The number of rotatable bonds is 9. The van der Waals surface area contributed by atoms with Crippen LogP contribution in [0.25, 0.3) is 0 Å². The highest BCUT2D eigenvalue weighted by Gasteiger charge is 2.34. The molecule has 3 aromatic carbocycles. The number of amides is 2. The van der Waals surface area contributed by atoms with Crippen molar-refractivity contribution < 1.29 is 28.5 Å². The number of hydrogen-bond acceptors (Lipinski definition) is 9. The van der Waals surface area contributed by atoms with Crippen LogP contribution in [0.1, 0.15) is 34.3 Å². The number of methoxy groups -OCH3 is 3. The third-order valence-corrected chi connectivity index (χ3v) is 7.52. The van der Waals surface area contributed by atoms with Gasteiger partial charge in [-0.2, -0.15) is 0 Å². The van der Waals surface area contributed by atoms with Gasteiger partial charge < -0.3 is 39.9 Å². The molecule has 0 radical (unpaired) electrons. The van der Waals surface area contributed by atoms with Crippen molar-refractivity contribution in [1.82, 2.24) is 5.32 Å². The molecular formula is C30H33N4O7-. The number of nitrogens with one attached hydrogen (secondary N) is 2. The Hall–Kier alpha value is -4.64. The first-order chi connectivity index (χ1) is 20.0. The topological polar surface area (TPSA) is 125 Å². The number of ether oxygens (including phenoxy) is 4. The maximum absolute atomic E-state index is 13.0. The zero-order chi connectivity index (χ0) is 28.9. The first-order valence-corrected chi connectivity index (χ1v) is 13.4. The van der Waals surface area contributed by atoms with Gasteiger partial charge >= 0.3 is 6.09 Å². The number of fused-ring (bicyclic) bond motifs is 1. The van der Waals surface area contributed by atoms with Gasteiger partial charge in [0.1, 0.15) is 6.61 Å². The monoisotopic (exact) mass is 561 g/mol. The average molecular weight is 562 g/mol. The summed E-state index contributed by atoms with van der Waals surface area (Å²) in [6.45, 7) is 1.77. The zero-order valence-electron chi connectivity index (χ0n) is 23.3. The van der Waals surface area contributed by atoms with Crippen LogP contribution in [0.3, 0.4) is 0 Å². The standard InChI is InChI=1S/C30H33N4O7/c1-38-26-14-19(15-27(39-2)28(26)40-3)17-31-29(35)20-8-9-25(23(16-20)32-37)33-12-10-22(11-13-33)34-24-7-5-4-6-21(24)18-41-30(34)36/h4-9,14-16,22,32H,10-13,17-18H2,1-3H3,(H,31,35)/q-1. The van der Waals surface area contributed by atoms with Crippen LogP contribution in [0.2, 0.25) is 0 Å². The quantitative estimate of drug-likeness (QED) is 0.358. The summed E-state index contributed by atoms with van der Waals surface area (Å²) in [5.41, 5.74) is 6.01. The van der Waals surface area contributed by atoms with Crippen molar-refractivity contribution in [2.75, 3.05) is 49.7 Å². The van der Waals surface area contributed by atoms with Gasteiger partial charge in [0.15, 0.2) is 11.5 Å². The van der Waals surface area contributed by atoms with E-state index in [0.717, 1.165) is 16.8 Å². The van der Waals surface area contributed by atoms with E-state index in [1.807, 2.05) is 29.7 Å². The molecule has 1 saturated heterocycles. The van der Waals surface area contributed by atoms with Crippen molar-refractivity contribution in [2.24, 2.45) is 0 Å². The number of para-hydroxylation sites is 1. The molecule has 0 atom stereocenters. The molecule has 2 aliphatic rings. The summed E-state index contributed by atoms with van der Waals surface area (Å²) in [7, 11) is 4.59. The number of hydrogen-bond donors (Lipinski definition) is 2. The number of carbonyl (C=O) groups is 2. The molecule has 0 unspecified atom stereocenters. The molecule has 3 aromatic rings. The molecule has 11 heteroatoms. The largest absolute Gasteiger partial charge is 0.761 e. The van der Waals surface area contributed by atoms with E-state index in [1.54, 1.807) is 35.2 Å². The van der Waals surface area contributed by atoms with E-state index < -0.39 is 0 Å². The van der Waals surface area contributed by atoms with Crippen LogP contribution in [0.4, 0.5) is 21.9 Å². The van der Waals surface area contributed by atoms with Crippen LogP contribution < -0.4 is 34.8 Å². The number of anilines is 3. The van der Waals surface area contributed by atoms with Gasteiger partial charge in [0.25, 0.3) is 5.91 Å². The molecule has 0 aromatic heterocycles. The minimum atomic E-state index is -0.331. The Morgan fingerprint density at radius 3 is 2.34 bits per heavy atom. The van der Waals surface area contributed by atoms with Crippen molar-refractivity contribution in [3.63, 3.8) is 0 Å². The van der Waals surface area contributed by atoms with Crippen LogP contribution in [0.15, 0.2) is 54.6 Å². The lowest BCUT2D eigenvalue weighted by Gasteiger charge is -2.41. The van der Waals surface area contributed by atoms with Crippen molar-refractivity contribution in [1.29, 1.82) is 0 Å². The predicted molar refractivity (Wildman–Crippen MR) is 155 cm³/mol. The van der Waals surface area contributed by atoms with Crippen LogP contribution in [0, 0.1) is 5.21 Å². The van der Waals surface area contributed by atoms with Crippen LogP contribution in [-0.2, 0) is 17.9 Å². The molecule has 216 valence electrons. The van der Waals surface area contributed by atoms with Crippen LogP contribution >= 0.6 is 0 Å². The van der Waals surface area contributed by atoms with Gasteiger partial charge in [0, 0.05) is 42.5 Å². The van der Waals surface area contributed by atoms with E-state index >= 15 is 0 Å². The van der Waals surface area contributed by atoms with E-state index in [9.17, 15) is 14.8 Å². The smallest absolute Gasteiger partial charge is 0.414 e. The van der Waals surface area contributed by atoms with Gasteiger partial charge in [0.2, 0.25) is 5.75 Å². The molecule has 0 bridgehead atoms. The molecule has 0 aliphatic carbocycles. The molecule has 2 heterocycles. The van der Waals surface area contributed by atoms with Crippen LogP contribution in [-0.4, -0.2) is 52.5 Å². The summed E-state index contributed by atoms with van der Waals surface area (Å²) in [5.74, 6) is 1.12. The maximum Gasteiger partial charge on any atom is 0.414 e. The number of nitrogens with zero attached hydrogens (tertiary/aromatic N) is 2. The third-order valence-electron chi connectivity index (χ3n) is 7.52. The summed E-state index contributed by atoms with van der Waals surface area (Å²) in [4.78, 5) is 29.4. The number of cyclic esters (lactones) is 1. The molecule has 2 N–H and O–H groups in total. The Balaban J connectivity index is 1.24. The van der Waals surface area contributed by atoms with E-state index in [0.29, 0.717) is 60.1 Å². The Morgan fingerprint density at radius 2 is 1.68 bits per heavy atom. The maximum atomic E-state index is 13.0. The third kappa shape index (κ3) is 5.66. The van der Waals surface area contributed by atoms with Crippen LogP contribution in [0.5, 0.6) is 17.2 Å². The Bertz CT molecular complexity index is 1400. The van der Waals surface area contributed by atoms with Crippen molar-refractivity contribution >= 4 is 29.1 Å². The minimum absolute atomic E-state index is 0.0101. The first-order valence-electron chi connectivity index (χ1n) is 13.4. The molecule has 1 fully saturated rings. The van der Waals surface area contributed by atoms with Gasteiger partial charge in [0.05, 0.1) is 32.7 Å². The van der Waals surface area contributed by atoms with E-state index in [-0.39, 0.29) is 31.2 Å². The lowest BCUT2D eigenvalue weighted by molar-refractivity contribution is 0.0950. The Labute approximate surface area is 238 Å². The van der Waals surface area contributed by atoms with Crippen molar-refractivity contribution in [2.45, 2.75) is 32.0 Å². The van der Waals surface area contributed by atoms with Gasteiger partial charge in [-0.3, -0.25) is 9.69 Å². The van der Waals surface area contributed by atoms with Crippen molar-refractivity contribution in [3.8, 4) is 17.2 Å². The lowest BCUT2D eigenvalue weighted by Crippen LogP contribution is -2.49. The second-order valence-corrected chi connectivity index (χ2v) is 9.82. The number of carbonyl (C=O) groups excluding carboxylic acids is 2. The Kier molecular flexibility index (Phi) is 8.34. The van der Waals surface area contributed by atoms with Gasteiger partial charge in [-0.15, -0.1) is 0 Å². The normalized spacial score (nSPS) is 15.1. The molecule has 41 heavy (non-hydrogen) atoms. The molecule has 5 rings (SSSR count). The van der Waals surface area contributed by atoms with E-state index in [4.69, 9.17) is 18.9 Å². The summed E-state index contributed by atoms with van der Waals surface area (Å²) in [6, 6.07) is 16.3. The van der Waals surface area contributed by atoms with Gasteiger partial charge in [-0.05, 0) is 54.8 Å². The fourth-order valence-electron chi connectivity index (χ4n) is 5.44. The van der Waals surface area contributed by atoms with Gasteiger partial charge in [-0.1, -0.05) is 18.2 Å². The Morgan fingerprint density at radius 1 is 0.976 bits per heavy atom. The first kappa shape index (κ1) is 27.9. The summed E-state index contributed by atoms with van der Waals surface area (Å²) in [5, 5.41) is 14.8. The number of piperidine rings is 1. The van der Waals surface area contributed by atoms with E-state index in [2.05, 4.69) is 10.2 Å².